The van der Waals surface area contributed by atoms with Crippen LogP contribution < -0.4 is 10.9 Å². The number of aromatic hydroxyl groups is 1. The first kappa shape index (κ1) is 25.4. The van der Waals surface area contributed by atoms with Gasteiger partial charge in [0.15, 0.2) is 0 Å². The van der Waals surface area contributed by atoms with E-state index in [1.54, 1.807) is 24.4 Å². The van der Waals surface area contributed by atoms with Crippen molar-refractivity contribution in [3.8, 4) is 16.9 Å². The summed E-state index contributed by atoms with van der Waals surface area (Å²) < 4.78 is 20.4. The van der Waals surface area contributed by atoms with Crippen molar-refractivity contribution >= 4 is 16.9 Å². The topological polar surface area (TPSA) is 96.7 Å². The predicted octanol–water partition coefficient (Wildman–Crippen LogP) is 3.69. The third-order valence-electron chi connectivity index (χ3n) is 7.59. The monoisotopic (exact) mass is 508 g/mol. The minimum Gasteiger partial charge on any atom is -0.506 e. The van der Waals surface area contributed by atoms with E-state index in [9.17, 15) is 19.1 Å². The number of amides is 1. The standard InChI is InChI=1S/C28H33FN4O4/c1-28(9-3-2-4-10-28)31-26(35)23-24(34)22-17-20(19-5-7-21(29)8-6-19)18-30-25(22)33(27(23)36)12-11-32-13-15-37-16-14-32/h5-8,17-18,34H,2-4,9-16H2,1H3,(H,31,35). The molecule has 1 aliphatic carbocycles. The van der Waals surface area contributed by atoms with Crippen molar-refractivity contribution in [1.82, 2.24) is 19.8 Å². The maximum atomic E-state index is 13.7. The Morgan fingerprint density at radius 3 is 2.51 bits per heavy atom. The summed E-state index contributed by atoms with van der Waals surface area (Å²) in [5, 5.41) is 14.6. The number of ether oxygens (including phenoxy) is 1. The lowest BCUT2D eigenvalue weighted by molar-refractivity contribution is 0.0364. The van der Waals surface area contributed by atoms with Crippen LogP contribution in [0.1, 0.15) is 49.4 Å². The van der Waals surface area contributed by atoms with Crippen LogP contribution in [0.2, 0.25) is 0 Å². The highest BCUT2D eigenvalue weighted by atomic mass is 19.1. The first-order valence-electron chi connectivity index (χ1n) is 13.0. The van der Waals surface area contributed by atoms with Crippen LogP contribution >= 0.6 is 0 Å². The highest BCUT2D eigenvalue weighted by molar-refractivity contribution is 6.02. The fourth-order valence-electron chi connectivity index (χ4n) is 5.39. The molecule has 8 nitrogen and oxygen atoms in total. The van der Waals surface area contributed by atoms with E-state index in [-0.39, 0.29) is 17.1 Å². The summed E-state index contributed by atoms with van der Waals surface area (Å²) >= 11 is 0. The van der Waals surface area contributed by atoms with E-state index >= 15 is 0 Å². The number of nitrogens with one attached hydrogen (secondary N) is 1. The molecular formula is C28H33FN4O4. The predicted molar refractivity (Wildman–Crippen MR) is 139 cm³/mol. The molecule has 2 aliphatic rings. The zero-order chi connectivity index (χ0) is 26.0. The highest BCUT2D eigenvalue weighted by Gasteiger charge is 2.32. The van der Waals surface area contributed by atoms with Crippen LogP contribution in [-0.2, 0) is 11.3 Å². The highest BCUT2D eigenvalue weighted by Crippen LogP contribution is 2.32. The fraction of sp³-hybridized carbons (Fsp3) is 0.464. The number of halogens is 1. The summed E-state index contributed by atoms with van der Waals surface area (Å²) in [5.74, 6) is -1.30. The summed E-state index contributed by atoms with van der Waals surface area (Å²) in [6, 6.07) is 7.66. The Bertz CT molecular complexity index is 1340. The van der Waals surface area contributed by atoms with Crippen LogP contribution in [0.5, 0.6) is 5.75 Å². The van der Waals surface area contributed by atoms with Gasteiger partial charge in [-0.2, -0.15) is 0 Å². The molecule has 0 radical (unpaired) electrons. The number of fused-ring (bicyclic) bond motifs is 1. The molecule has 0 bridgehead atoms. The normalized spacial score (nSPS) is 18.1. The van der Waals surface area contributed by atoms with E-state index in [0.717, 1.165) is 45.2 Å². The molecule has 1 aromatic carbocycles. The molecule has 5 rings (SSSR count). The molecule has 3 aromatic rings. The lowest BCUT2D eigenvalue weighted by Gasteiger charge is -2.34. The van der Waals surface area contributed by atoms with Crippen LogP contribution in [0.4, 0.5) is 4.39 Å². The molecule has 0 unspecified atom stereocenters. The van der Waals surface area contributed by atoms with E-state index in [4.69, 9.17) is 4.74 Å². The molecule has 37 heavy (non-hydrogen) atoms. The summed E-state index contributed by atoms with van der Waals surface area (Å²) in [6.07, 6.45) is 6.40. The largest absolute Gasteiger partial charge is 0.506 e. The van der Waals surface area contributed by atoms with E-state index in [1.807, 2.05) is 6.92 Å². The van der Waals surface area contributed by atoms with Gasteiger partial charge >= 0.3 is 0 Å². The summed E-state index contributed by atoms with van der Waals surface area (Å²) in [6.45, 7) is 5.69. The van der Waals surface area contributed by atoms with Crippen LogP contribution in [0, 0.1) is 5.82 Å². The number of carbonyl (C=O) groups excluding carboxylic acids is 1. The second kappa shape index (κ2) is 10.6. The molecule has 1 aliphatic heterocycles. The Hall–Kier alpha value is -3.30. The summed E-state index contributed by atoms with van der Waals surface area (Å²) in [4.78, 5) is 33.9. The smallest absolute Gasteiger partial charge is 0.268 e. The second-order valence-corrected chi connectivity index (χ2v) is 10.3. The lowest BCUT2D eigenvalue weighted by atomic mass is 9.83. The SMILES string of the molecule is CC1(NC(=O)c2c(O)c3cc(-c4ccc(F)cc4)cnc3n(CCN3CCOCC3)c2=O)CCCCC1. The van der Waals surface area contributed by atoms with Gasteiger partial charge in [-0.25, -0.2) is 9.37 Å². The van der Waals surface area contributed by atoms with Gasteiger partial charge in [0.1, 0.15) is 22.8 Å². The molecule has 0 atom stereocenters. The van der Waals surface area contributed by atoms with Gasteiger partial charge in [0.25, 0.3) is 11.5 Å². The van der Waals surface area contributed by atoms with Gasteiger partial charge in [-0.1, -0.05) is 31.4 Å². The molecule has 2 fully saturated rings. The summed E-state index contributed by atoms with van der Waals surface area (Å²) in [5.41, 5.74) is 0.420. The lowest BCUT2D eigenvalue weighted by Crippen LogP contribution is -2.49. The van der Waals surface area contributed by atoms with Gasteiger partial charge in [0, 0.05) is 43.5 Å². The van der Waals surface area contributed by atoms with Gasteiger partial charge < -0.3 is 15.2 Å². The van der Waals surface area contributed by atoms with Gasteiger partial charge in [-0.15, -0.1) is 0 Å². The Kier molecular flexibility index (Phi) is 7.26. The molecule has 1 saturated carbocycles. The Morgan fingerprint density at radius 1 is 1.11 bits per heavy atom. The molecule has 1 saturated heterocycles. The quantitative estimate of drug-likeness (QED) is 0.527. The molecule has 1 amide bonds. The molecular weight excluding hydrogens is 475 g/mol. The van der Waals surface area contributed by atoms with Gasteiger partial charge in [-0.05, 0) is 43.5 Å². The van der Waals surface area contributed by atoms with Gasteiger partial charge in [-0.3, -0.25) is 19.1 Å². The third kappa shape index (κ3) is 5.38. The van der Waals surface area contributed by atoms with E-state index in [2.05, 4.69) is 15.2 Å². The Labute approximate surface area is 215 Å². The minimum atomic E-state index is -0.568. The van der Waals surface area contributed by atoms with Gasteiger partial charge in [0.2, 0.25) is 0 Å². The maximum absolute atomic E-state index is 13.7. The van der Waals surface area contributed by atoms with Crippen molar-refractivity contribution in [3.63, 3.8) is 0 Å². The first-order valence-corrected chi connectivity index (χ1v) is 13.0. The second-order valence-electron chi connectivity index (χ2n) is 10.3. The number of morpholine rings is 1. The van der Waals surface area contributed by atoms with Crippen LogP contribution in [0.25, 0.3) is 22.2 Å². The number of hydrogen-bond acceptors (Lipinski definition) is 6. The average molecular weight is 509 g/mol. The average Bonchev–Trinajstić information content (AvgIpc) is 2.89. The molecule has 3 heterocycles. The number of carbonyl (C=O) groups is 1. The van der Waals surface area contributed by atoms with Crippen molar-refractivity contribution in [2.24, 2.45) is 0 Å². The third-order valence-corrected chi connectivity index (χ3v) is 7.59. The van der Waals surface area contributed by atoms with Crippen LogP contribution in [-0.4, -0.2) is 63.9 Å². The number of aromatic nitrogens is 2. The number of benzene rings is 1. The maximum Gasteiger partial charge on any atom is 0.268 e. The number of nitrogens with zero attached hydrogens (tertiary/aromatic N) is 3. The summed E-state index contributed by atoms with van der Waals surface area (Å²) in [7, 11) is 0. The number of pyridine rings is 2. The Balaban J connectivity index is 1.58. The van der Waals surface area contributed by atoms with E-state index in [1.165, 1.54) is 16.7 Å². The van der Waals surface area contributed by atoms with Crippen LogP contribution in [0.15, 0.2) is 41.3 Å². The zero-order valence-electron chi connectivity index (χ0n) is 21.1. The molecule has 0 spiro atoms. The van der Waals surface area contributed by atoms with Crippen molar-refractivity contribution < 1.29 is 19.0 Å². The van der Waals surface area contributed by atoms with Gasteiger partial charge in [0.05, 0.1) is 18.6 Å². The number of hydrogen-bond donors (Lipinski definition) is 2. The fourth-order valence-corrected chi connectivity index (χ4v) is 5.39. The van der Waals surface area contributed by atoms with Crippen molar-refractivity contribution in [1.29, 1.82) is 0 Å². The van der Waals surface area contributed by atoms with Crippen molar-refractivity contribution in [3.05, 3.63) is 58.3 Å². The number of rotatable bonds is 6. The van der Waals surface area contributed by atoms with Crippen molar-refractivity contribution in [2.45, 2.75) is 51.1 Å². The molecule has 9 heteroatoms. The van der Waals surface area contributed by atoms with Crippen LogP contribution in [0.3, 0.4) is 0 Å². The zero-order valence-corrected chi connectivity index (χ0v) is 21.1. The van der Waals surface area contributed by atoms with Crippen molar-refractivity contribution in [2.75, 3.05) is 32.8 Å². The van der Waals surface area contributed by atoms with E-state index in [0.29, 0.717) is 48.5 Å². The van der Waals surface area contributed by atoms with E-state index < -0.39 is 17.0 Å². The molecule has 196 valence electrons. The molecule has 2 N–H and O–H groups in total. The Morgan fingerprint density at radius 2 is 1.81 bits per heavy atom. The molecule has 2 aromatic heterocycles. The minimum absolute atomic E-state index is 0.265. The first-order chi connectivity index (χ1) is 17.8.